The largest absolute Gasteiger partial charge is 0.458 e. The SMILES string of the molecule is CC(=O)OCC(=O)[C@@]1(O)CC[C@H]2[C@H]3CCC4=CC(=O)C=C[C@@]4(C)[C@@H]3[C@@H](O)C[C@@]21C. The van der Waals surface area contributed by atoms with Gasteiger partial charge in [-0.15, -0.1) is 0 Å². The van der Waals surface area contributed by atoms with Crippen LogP contribution < -0.4 is 0 Å². The molecule has 0 spiro atoms. The molecular weight excluding hydrogens is 372 g/mol. The van der Waals surface area contributed by atoms with Gasteiger partial charge in [-0.25, -0.2) is 0 Å². The highest BCUT2D eigenvalue weighted by Crippen LogP contribution is 2.67. The Labute approximate surface area is 171 Å². The van der Waals surface area contributed by atoms with Crippen molar-refractivity contribution >= 4 is 17.5 Å². The van der Waals surface area contributed by atoms with Crippen LogP contribution in [-0.2, 0) is 19.1 Å². The molecule has 3 saturated carbocycles. The summed E-state index contributed by atoms with van der Waals surface area (Å²) in [6, 6.07) is 0. The summed E-state index contributed by atoms with van der Waals surface area (Å²) in [7, 11) is 0. The number of aliphatic hydroxyl groups is 2. The molecule has 0 unspecified atom stereocenters. The number of hydrogen-bond donors (Lipinski definition) is 2. The molecule has 4 aliphatic carbocycles. The fraction of sp³-hybridized carbons (Fsp3) is 0.696. The summed E-state index contributed by atoms with van der Waals surface area (Å²) in [5.74, 6) is -0.836. The van der Waals surface area contributed by atoms with Crippen molar-refractivity contribution in [2.75, 3.05) is 6.61 Å². The van der Waals surface area contributed by atoms with Gasteiger partial charge >= 0.3 is 5.97 Å². The van der Waals surface area contributed by atoms with Crippen molar-refractivity contribution in [2.24, 2.45) is 28.6 Å². The monoisotopic (exact) mass is 402 g/mol. The lowest BCUT2D eigenvalue weighted by molar-refractivity contribution is -0.181. The van der Waals surface area contributed by atoms with Gasteiger partial charge < -0.3 is 14.9 Å². The van der Waals surface area contributed by atoms with Crippen LogP contribution in [-0.4, -0.2) is 46.1 Å². The van der Waals surface area contributed by atoms with Crippen molar-refractivity contribution in [1.29, 1.82) is 0 Å². The highest BCUT2D eigenvalue weighted by Gasteiger charge is 2.68. The third-order valence-corrected chi connectivity index (χ3v) is 8.52. The van der Waals surface area contributed by atoms with Crippen LogP contribution in [0, 0.1) is 28.6 Å². The maximum atomic E-state index is 12.9. The standard InChI is InChI=1S/C23H30O6/c1-13(24)29-12-19(27)23(28)9-7-17-16-5-4-14-10-15(25)6-8-21(14,2)20(16)18(26)11-22(17,23)3/h6,8,10,16-18,20,26,28H,4-5,7,9,11-12H2,1-3H3/t16-,17+,18+,20+,21-,22+,23+/m1/s1. The van der Waals surface area contributed by atoms with Crippen molar-refractivity contribution in [2.45, 2.75) is 64.6 Å². The van der Waals surface area contributed by atoms with Gasteiger partial charge in [-0.2, -0.15) is 0 Å². The van der Waals surface area contributed by atoms with Gasteiger partial charge in [0.25, 0.3) is 0 Å². The lowest BCUT2D eigenvalue weighted by atomic mass is 9.46. The molecule has 7 atom stereocenters. The fourth-order valence-electron chi connectivity index (χ4n) is 7.08. The lowest BCUT2D eigenvalue weighted by Gasteiger charge is -2.59. The molecule has 0 aromatic carbocycles. The van der Waals surface area contributed by atoms with E-state index in [1.807, 2.05) is 13.0 Å². The van der Waals surface area contributed by atoms with Gasteiger partial charge in [-0.3, -0.25) is 14.4 Å². The van der Waals surface area contributed by atoms with Crippen molar-refractivity contribution < 1.29 is 29.3 Å². The zero-order valence-electron chi connectivity index (χ0n) is 17.3. The summed E-state index contributed by atoms with van der Waals surface area (Å²) in [6.45, 7) is 4.80. The topological polar surface area (TPSA) is 101 Å². The molecular formula is C23H30O6. The second kappa shape index (κ2) is 6.61. The van der Waals surface area contributed by atoms with E-state index < -0.39 is 35.5 Å². The summed E-state index contributed by atoms with van der Waals surface area (Å²) in [5.41, 5.74) is -1.67. The highest BCUT2D eigenvalue weighted by molar-refractivity contribution is 6.01. The van der Waals surface area contributed by atoms with E-state index in [4.69, 9.17) is 4.74 Å². The Morgan fingerprint density at radius 2 is 2.00 bits per heavy atom. The van der Waals surface area contributed by atoms with E-state index in [0.29, 0.717) is 19.3 Å². The quantitative estimate of drug-likeness (QED) is 0.702. The third kappa shape index (κ3) is 2.79. The number of ketones is 2. The Morgan fingerprint density at radius 1 is 1.28 bits per heavy atom. The first-order valence-electron chi connectivity index (χ1n) is 10.5. The first-order chi connectivity index (χ1) is 13.5. The normalized spacial score (nSPS) is 45.7. The fourth-order valence-corrected chi connectivity index (χ4v) is 7.08. The van der Waals surface area contributed by atoms with Gasteiger partial charge in [0, 0.05) is 23.7 Å². The number of allylic oxidation sites excluding steroid dienone is 4. The minimum Gasteiger partial charge on any atom is -0.458 e. The predicted octanol–water partition coefficient (Wildman–Crippen LogP) is 2.13. The molecule has 0 heterocycles. The predicted molar refractivity (Wildman–Crippen MR) is 105 cm³/mol. The minimum absolute atomic E-state index is 0.00243. The highest BCUT2D eigenvalue weighted by atomic mass is 16.5. The zero-order valence-corrected chi connectivity index (χ0v) is 17.3. The molecule has 29 heavy (non-hydrogen) atoms. The van der Waals surface area contributed by atoms with Gasteiger partial charge in [0.2, 0.25) is 5.78 Å². The van der Waals surface area contributed by atoms with E-state index in [1.165, 1.54) is 6.92 Å². The van der Waals surface area contributed by atoms with Gasteiger partial charge in [-0.1, -0.05) is 25.5 Å². The molecule has 158 valence electrons. The molecule has 6 heteroatoms. The molecule has 2 N–H and O–H groups in total. The maximum absolute atomic E-state index is 12.9. The number of carbonyl (C=O) groups excluding carboxylic acids is 3. The molecule has 3 fully saturated rings. The van der Waals surface area contributed by atoms with Crippen LogP contribution >= 0.6 is 0 Å². The van der Waals surface area contributed by atoms with Crippen LogP contribution in [0.2, 0.25) is 0 Å². The number of carbonyl (C=O) groups is 3. The summed E-state index contributed by atoms with van der Waals surface area (Å²) >= 11 is 0. The van der Waals surface area contributed by atoms with Gasteiger partial charge in [0.15, 0.2) is 12.4 Å². The smallest absolute Gasteiger partial charge is 0.303 e. The zero-order chi connectivity index (χ0) is 21.2. The number of hydrogen-bond acceptors (Lipinski definition) is 6. The number of rotatable bonds is 3. The third-order valence-electron chi connectivity index (χ3n) is 8.52. The van der Waals surface area contributed by atoms with Crippen molar-refractivity contribution in [1.82, 2.24) is 0 Å². The molecule has 0 amide bonds. The first kappa shape index (κ1) is 20.5. The van der Waals surface area contributed by atoms with E-state index in [-0.39, 0.29) is 29.0 Å². The molecule has 0 bridgehead atoms. The Kier molecular flexibility index (Phi) is 4.67. The Morgan fingerprint density at radius 3 is 2.69 bits per heavy atom. The summed E-state index contributed by atoms with van der Waals surface area (Å²) in [5, 5.41) is 22.7. The first-order valence-corrected chi connectivity index (χ1v) is 10.5. The minimum atomic E-state index is -1.60. The molecule has 4 aliphatic rings. The molecule has 4 rings (SSSR count). The van der Waals surface area contributed by atoms with Crippen LogP contribution in [0.4, 0.5) is 0 Å². The second-order valence-corrected chi connectivity index (χ2v) is 9.81. The molecule has 0 aliphatic heterocycles. The Balaban J connectivity index is 1.66. The number of esters is 1. The molecule has 6 nitrogen and oxygen atoms in total. The van der Waals surface area contributed by atoms with Crippen LogP contribution in [0.25, 0.3) is 0 Å². The lowest BCUT2D eigenvalue weighted by Crippen LogP contribution is -2.61. The van der Waals surface area contributed by atoms with Crippen LogP contribution in [0.3, 0.4) is 0 Å². The number of ether oxygens (including phenoxy) is 1. The second-order valence-electron chi connectivity index (χ2n) is 9.81. The maximum Gasteiger partial charge on any atom is 0.303 e. The average molecular weight is 402 g/mol. The number of fused-ring (bicyclic) bond motifs is 5. The van der Waals surface area contributed by atoms with Crippen molar-refractivity contribution in [3.63, 3.8) is 0 Å². The molecule has 0 saturated heterocycles. The van der Waals surface area contributed by atoms with Crippen LogP contribution in [0.1, 0.15) is 52.9 Å². The summed E-state index contributed by atoms with van der Waals surface area (Å²) in [4.78, 5) is 35.9. The summed E-state index contributed by atoms with van der Waals surface area (Å²) in [6.07, 6.45) is 7.50. The number of Topliss-reactive ketones (excluding diaryl/α,β-unsaturated/α-hetero) is 1. The molecule has 0 aromatic rings. The Bertz CT molecular complexity index is 827. The molecule has 0 aromatic heterocycles. The molecule has 0 radical (unpaired) electrons. The van der Waals surface area contributed by atoms with Gasteiger partial charge in [-0.05, 0) is 56.1 Å². The van der Waals surface area contributed by atoms with Crippen LogP contribution in [0.15, 0.2) is 23.8 Å². The van der Waals surface area contributed by atoms with Crippen molar-refractivity contribution in [3.05, 3.63) is 23.8 Å². The van der Waals surface area contributed by atoms with Crippen molar-refractivity contribution in [3.8, 4) is 0 Å². The summed E-state index contributed by atoms with van der Waals surface area (Å²) < 4.78 is 4.88. The van der Waals surface area contributed by atoms with Crippen LogP contribution in [0.5, 0.6) is 0 Å². The van der Waals surface area contributed by atoms with Gasteiger partial charge in [0.05, 0.1) is 6.10 Å². The average Bonchev–Trinajstić information content (AvgIpc) is 2.91. The van der Waals surface area contributed by atoms with E-state index in [1.54, 1.807) is 12.2 Å². The Hall–Kier alpha value is -1.79. The van der Waals surface area contributed by atoms with E-state index in [9.17, 15) is 24.6 Å². The van der Waals surface area contributed by atoms with E-state index in [0.717, 1.165) is 18.4 Å². The number of aliphatic hydroxyl groups excluding tert-OH is 1. The van der Waals surface area contributed by atoms with Gasteiger partial charge in [0.1, 0.15) is 5.60 Å². The van der Waals surface area contributed by atoms with E-state index in [2.05, 4.69) is 6.92 Å². The van der Waals surface area contributed by atoms with E-state index >= 15 is 0 Å².